The first-order valence-corrected chi connectivity index (χ1v) is 12.1. The summed E-state index contributed by atoms with van der Waals surface area (Å²) >= 11 is 0. The molecule has 1 aliphatic rings. The van der Waals surface area contributed by atoms with Crippen molar-refractivity contribution in [3.63, 3.8) is 0 Å². The first-order chi connectivity index (χ1) is 16.8. The number of nitrogens with zero attached hydrogens (tertiary/aromatic N) is 1. The molecule has 0 aliphatic carbocycles. The summed E-state index contributed by atoms with van der Waals surface area (Å²) in [6.45, 7) is 8.29. The minimum Gasteiger partial charge on any atom is -0.456 e. The van der Waals surface area contributed by atoms with Crippen molar-refractivity contribution in [2.24, 2.45) is 0 Å². The Balaban J connectivity index is 1.43. The van der Waals surface area contributed by atoms with Gasteiger partial charge in [-0.25, -0.2) is 0 Å². The van der Waals surface area contributed by atoms with Crippen molar-refractivity contribution < 1.29 is 13.7 Å². The Labute approximate surface area is 204 Å². The topological polar surface area (TPSA) is 36.5 Å². The second-order valence-corrected chi connectivity index (χ2v) is 10.5. The van der Waals surface area contributed by atoms with Crippen LogP contribution in [-0.2, 0) is 9.31 Å². The summed E-state index contributed by atoms with van der Waals surface area (Å²) in [5, 5.41) is 4.65. The fourth-order valence-corrected chi connectivity index (χ4v) is 5.30. The highest BCUT2D eigenvalue weighted by molar-refractivity contribution is 6.65. The molecule has 0 radical (unpaired) electrons. The minimum absolute atomic E-state index is 0.407. The number of hydrogen-bond donors (Lipinski definition) is 0. The molecular weight excluding hydrogens is 433 g/mol. The number of hydrogen-bond acceptors (Lipinski definition) is 3. The van der Waals surface area contributed by atoms with Gasteiger partial charge in [-0.1, -0.05) is 54.6 Å². The molecule has 0 atom stereocenters. The van der Waals surface area contributed by atoms with Crippen molar-refractivity contribution in [2.45, 2.75) is 38.9 Å². The van der Waals surface area contributed by atoms with Crippen LogP contribution in [0.15, 0.2) is 89.3 Å². The molecule has 6 aromatic rings. The zero-order valence-corrected chi connectivity index (χ0v) is 20.3. The van der Waals surface area contributed by atoms with Gasteiger partial charge < -0.3 is 18.3 Å². The lowest BCUT2D eigenvalue weighted by Crippen LogP contribution is -2.41. The fraction of sp³-hybridized carbons (Fsp3) is 0.200. The largest absolute Gasteiger partial charge is 0.498 e. The normalized spacial score (nSPS) is 17.3. The van der Waals surface area contributed by atoms with Crippen LogP contribution in [0, 0.1) is 0 Å². The van der Waals surface area contributed by atoms with Crippen LogP contribution in [0.3, 0.4) is 0 Å². The van der Waals surface area contributed by atoms with E-state index < -0.39 is 18.3 Å². The Kier molecular flexibility index (Phi) is 4.16. The zero-order chi connectivity index (χ0) is 23.9. The molecule has 0 spiro atoms. The molecule has 0 bridgehead atoms. The van der Waals surface area contributed by atoms with E-state index in [-0.39, 0.29) is 0 Å². The average molecular weight is 459 g/mol. The van der Waals surface area contributed by atoms with Crippen molar-refractivity contribution in [1.29, 1.82) is 0 Å². The van der Waals surface area contributed by atoms with Gasteiger partial charge in [-0.15, -0.1) is 0 Å². The van der Waals surface area contributed by atoms with E-state index in [0.29, 0.717) is 0 Å². The van der Waals surface area contributed by atoms with Crippen LogP contribution in [0.25, 0.3) is 49.4 Å². The van der Waals surface area contributed by atoms with Crippen LogP contribution >= 0.6 is 0 Å². The molecule has 35 heavy (non-hydrogen) atoms. The molecule has 0 N–H and O–H groups in total. The Morgan fingerprint density at radius 3 is 1.89 bits per heavy atom. The van der Waals surface area contributed by atoms with Gasteiger partial charge in [0.25, 0.3) is 0 Å². The van der Waals surface area contributed by atoms with Gasteiger partial charge in [0.15, 0.2) is 0 Å². The van der Waals surface area contributed by atoms with Gasteiger partial charge in [0.2, 0.25) is 0 Å². The van der Waals surface area contributed by atoms with Gasteiger partial charge in [0, 0.05) is 38.8 Å². The number of aromatic nitrogens is 1. The van der Waals surface area contributed by atoms with Gasteiger partial charge in [0.1, 0.15) is 11.2 Å². The van der Waals surface area contributed by atoms with Crippen LogP contribution < -0.4 is 5.46 Å². The lowest BCUT2D eigenvalue weighted by molar-refractivity contribution is 0.00578. The van der Waals surface area contributed by atoms with Gasteiger partial charge in [-0.3, -0.25) is 0 Å². The maximum atomic E-state index is 6.52. The lowest BCUT2D eigenvalue weighted by Gasteiger charge is -2.32. The molecule has 4 aromatic carbocycles. The van der Waals surface area contributed by atoms with Crippen LogP contribution in [0.4, 0.5) is 0 Å². The molecule has 2 aromatic heterocycles. The molecule has 0 unspecified atom stereocenters. The van der Waals surface area contributed by atoms with Crippen LogP contribution in [0.1, 0.15) is 27.7 Å². The van der Waals surface area contributed by atoms with Crippen molar-refractivity contribution in [1.82, 2.24) is 4.57 Å². The van der Waals surface area contributed by atoms with Crippen molar-refractivity contribution in [3.8, 4) is 5.69 Å². The molecule has 0 amide bonds. The molecule has 0 saturated carbocycles. The maximum Gasteiger partial charge on any atom is 0.498 e. The molecular formula is C30H26BNO3. The molecule has 1 aliphatic heterocycles. The number of benzene rings is 4. The quantitative estimate of drug-likeness (QED) is 0.262. The van der Waals surface area contributed by atoms with E-state index >= 15 is 0 Å². The first kappa shape index (κ1) is 20.8. The minimum atomic E-state index is -0.471. The van der Waals surface area contributed by atoms with E-state index in [1.165, 1.54) is 21.8 Å². The second-order valence-electron chi connectivity index (χ2n) is 10.5. The Hall–Kier alpha value is -3.54. The summed E-state index contributed by atoms with van der Waals surface area (Å²) < 4.78 is 21.5. The summed E-state index contributed by atoms with van der Waals surface area (Å²) in [5.74, 6) is 0. The van der Waals surface area contributed by atoms with E-state index in [2.05, 4.69) is 111 Å². The van der Waals surface area contributed by atoms with Crippen molar-refractivity contribution in [3.05, 3.63) is 84.9 Å². The summed E-state index contributed by atoms with van der Waals surface area (Å²) in [6, 6.07) is 29.8. The summed E-state index contributed by atoms with van der Waals surface area (Å²) in [7, 11) is -0.471. The SMILES string of the molecule is CC1(C)OB(c2cccc3c2oc2cc(-n4c5ccccc5c5ccccc54)ccc23)OC1(C)C. The van der Waals surface area contributed by atoms with Crippen molar-refractivity contribution in [2.75, 3.05) is 0 Å². The summed E-state index contributed by atoms with van der Waals surface area (Å²) in [4.78, 5) is 0. The molecule has 7 rings (SSSR count). The third-order valence-electron chi connectivity index (χ3n) is 7.86. The van der Waals surface area contributed by atoms with Gasteiger partial charge in [-0.05, 0) is 52.0 Å². The van der Waals surface area contributed by atoms with Gasteiger partial charge in [-0.2, -0.15) is 0 Å². The molecule has 3 heterocycles. The molecule has 4 nitrogen and oxygen atoms in total. The number of fused-ring (bicyclic) bond motifs is 6. The number of furan rings is 1. The van der Waals surface area contributed by atoms with E-state index in [0.717, 1.165) is 33.1 Å². The predicted molar refractivity (Wildman–Crippen MR) is 144 cm³/mol. The summed E-state index contributed by atoms with van der Waals surface area (Å²) in [5.41, 5.74) is 5.22. The summed E-state index contributed by atoms with van der Waals surface area (Å²) in [6.07, 6.45) is 0. The monoisotopic (exact) mass is 459 g/mol. The molecule has 5 heteroatoms. The first-order valence-electron chi connectivity index (χ1n) is 12.1. The predicted octanol–water partition coefficient (Wildman–Crippen LogP) is 6.98. The van der Waals surface area contributed by atoms with Gasteiger partial charge in [0.05, 0.1) is 22.2 Å². The highest BCUT2D eigenvalue weighted by Gasteiger charge is 2.52. The van der Waals surface area contributed by atoms with Crippen LogP contribution in [0.2, 0.25) is 0 Å². The highest BCUT2D eigenvalue weighted by atomic mass is 16.7. The third-order valence-corrected chi connectivity index (χ3v) is 7.86. The van der Waals surface area contributed by atoms with Gasteiger partial charge >= 0.3 is 7.12 Å². The molecule has 1 fully saturated rings. The zero-order valence-electron chi connectivity index (χ0n) is 20.3. The second kappa shape index (κ2) is 7.00. The standard InChI is InChI=1S/C30H26BNO3/c1-29(2)30(3,4)35-31(34-29)24-13-9-12-23-22-17-16-19(18-27(22)33-28(23)24)32-25-14-7-5-10-20(25)21-11-6-8-15-26(21)32/h5-18H,1-4H3. The number of rotatable bonds is 2. The Morgan fingerprint density at radius 2 is 1.23 bits per heavy atom. The number of para-hydroxylation sites is 3. The fourth-order valence-electron chi connectivity index (χ4n) is 5.30. The van der Waals surface area contributed by atoms with Crippen LogP contribution in [0.5, 0.6) is 0 Å². The van der Waals surface area contributed by atoms with E-state index in [1.54, 1.807) is 0 Å². The Bertz CT molecular complexity index is 1710. The highest BCUT2D eigenvalue weighted by Crippen LogP contribution is 2.39. The lowest BCUT2D eigenvalue weighted by atomic mass is 9.78. The van der Waals surface area contributed by atoms with Crippen LogP contribution in [-0.4, -0.2) is 22.9 Å². The molecule has 1 saturated heterocycles. The average Bonchev–Trinajstić information content (AvgIpc) is 3.45. The third kappa shape index (κ3) is 2.89. The van der Waals surface area contributed by atoms with Crippen molar-refractivity contribution >= 4 is 56.3 Å². The van der Waals surface area contributed by atoms with E-state index in [1.807, 2.05) is 6.07 Å². The maximum absolute atomic E-state index is 6.52. The molecule has 172 valence electrons. The Morgan fingerprint density at radius 1 is 0.629 bits per heavy atom. The van der Waals surface area contributed by atoms with E-state index in [4.69, 9.17) is 13.7 Å². The van der Waals surface area contributed by atoms with E-state index in [9.17, 15) is 0 Å². The smallest absolute Gasteiger partial charge is 0.456 e.